The van der Waals surface area contributed by atoms with Crippen LogP contribution >= 0.6 is 15.9 Å². The van der Waals surface area contributed by atoms with E-state index in [1.165, 1.54) is 11.1 Å². The number of carbonyl (C=O) groups excluding carboxylic acids is 1. The number of carbonyl (C=O) groups is 1. The number of rotatable bonds is 2. The van der Waals surface area contributed by atoms with Gasteiger partial charge in [-0.15, -0.1) is 0 Å². The van der Waals surface area contributed by atoms with Crippen LogP contribution in [0.2, 0.25) is 0 Å². The monoisotopic (exact) mass is 254 g/mol. The highest BCUT2D eigenvalue weighted by atomic mass is 79.9. The molecule has 1 aromatic carbocycles. The summed E-state index contributed by atoms with van der Waals surface area (Å²) in [6, 6.07) is 8.14. The van der Waals surface area contributed by atoms with Crippen molar-refractivity contribution in [3.63, 3.8) is 0 Å². The van der Waals surface area contributed by atoms with Crippen LogP contribution in [0.5, 0.6) is 0 Å². The molecular formula is C11H11BrO2. The third kappa shape index (κ3) is 1.82. The maximum absolute atomic E-state index is 11.1. The lowest BCUT2D eigenvalue weighted by Gasteiger charge is -2.11. The molecule has 3 heteroatoms. The molecular weight excluding hydrogens is 244 g/mol. The van der Waals surface area contributed by atoms with Crippen LogP contribution in [0, 0.1) is 0 Å². The molecule has 1 aliphatic rings. The van der Waals surface area contributed by atoms with Gasteiger partial charge in [0.05, 0.1) is 0 Å². The topological polar surface area (TPSA) is 26.3 Å². The SMILES string of the molecule is O=C(CBr)OC1CCc2ccccc21. The molecule has 1 unspecified atom stereocenters. The maximum Gasteiger partial charge on any atom is 0.317 e. The minimum atomic E-state index is -0.188. The molecule has 0 amide bonds. The summed E-state index contributed by atoms with van der Waals surface area (Å²) in [7, 11) is 0. The number of alkyl halides is 1. The molecule has 74 valence electrons. The van der Waals surface area contributed by atoms with E-state index in [1.54, 1.807) is 0 Å². The molecule has 2 rings (SSSR count). The summed E-state index contributed by atoms with van der Waals surface area (Å²) in [4.78, 5) is 11.1. The highest BCUT2D eigenvalue weighted by Crippen LogP contribution is 2.33. The third-order valence-corrected chi connectivity index (χ3v) is 2.92. The van der Waals surface area contributed by atoms with Crippen molar-refractivity contribution >= 4 is 21.9 Å². The van der Waals surface area contributed by atoms with Gasteiger partial charge in [0, 0.05) is 0 Å². The van der Waals surface area contributed by atoms with Crippen LogP contribution in [0.25, 0.3) is 0 Å². The van der Waals surface area contributed by atoms with Gasteiger partial charge in [-0.3, -0.25) is 4.79 Å². The molecule has 0 saturated heterocycles. The average molecular weight is 255 g/mol. The summed E-state index contributed by atoms with van der Waals surface area (Å²) < 4.78 is 5.30. The highest BCUT2D eigenvalue weighted by molar-refractivity contribution is 9.09. The molecule has 0 saturated carbocycles. The van der Waals surface area contributed by atoms with E-state index in [2.05, 4.69) is 22.0 Å². The van der Waals surface area contributed by atoms with E-state index in [9.17, 15) is 4.79 Å². The van der Waals surface area contributed by atoms with Gasteiger partial charge >= 0.3 is 5.97 Å². The van der Waals surface area contributed by atoms with Crippen LogP contribution in [0.4, 0.5) is 0 Å². The van der Waals surface area contributed by atoms with Crippen molar-refractivity contribution in [3.8, 4) is 0 Å². The van der Waals surface area contributed by atoms with Crippen molar-refractivity contribution in [1.29, 1.82) is 0 Å². The van der Waals surface area contributed by atoms with Gasteiger partial charge in [0.15, 0.2) is 0 Å². The van der Waals surface area contributed by atoms with E-state index in [0.29, 0.717) is 0 Å². The zero-order valence-corrected chi connectivity index (χ0v) is 9.29. The van der Waals surface area contributed by atoms with Crippen LogP contribution in [0.15, 0.2) is 24.3 Å². The summed E-state index contributed by atoms with van der Waals surface area (Å²) in [6.07, 6.45) is 1.89. The Morgan fingerprint density at radius 1 is 1.50 bits per heavy atom. The summed E-state index contributed by atoms with van der Waals surface area (Å²) in [5, 5.41) is 0.270. The Hall–Kier alpha value is -0.830. The smallest absolute Gasteiger partial charge is 0.317 e. The second-order valence-corrected chi connectivity index (χ2v) is 3.91. The van der Waals surface area contributed by atoms with Gasteiger partial charge in [0.1, 0.15) is 11.4 Å². The van der Waals surface area contributed by atoms with Crippen molar-refractivity contribution in [2.45, 2.75) is 18.9 Å². The van der Waals surface area contributed by atoms with Gasteiger partial charge in [0.25, 0.3) is 0 Å². The molecule has 0 aromatic heterocycles. The number of halogens is 1. The number of hydrogen-bond acceptors (Lipinski definition) is 2. The Morgan fingerprint density at radius 3 is 3.07 bits per heavy atom. The lowest BCUT2D eigenvalue weighted by molar-refractivity contribution is -0.145. The van der Waals surface area contributed by atoms with Crippen molar-refractivity contribution in [2.75, 3.05) is 5.33 Å². The average Bonchev–Trinajstić information content (AvgIpc) is 2.62. The molecule has 1 aromatic rings. The molecule has 0 radical (unpaired) electrons. The van der Waals surface area contributed by atoms with E-state index in [0.717, 1.165) is 12.8 Å². The molecule has 1 atom stereocenters. The van der Waals surface area contributed by atoms with Gasteiger partial charge < -0.3 is 4.74 Å². The predicted octanol–water partition coefficient (Wildman–Crippen LogP) is 2.61. The van der Waals surface area contributed by atoms with Crippen LogP contribution in [-0.4, -0.2) is 11.3 Å². The second kappa shape index (κ2) is 4.13. The summed E-state index contributed by atoms with van der Waals surface area (Å²) >= 11 is 3.09. The molecule has 0 fully saturated rings. The van der Waals surface area contributed by atoms with Gasteiger partial charge in [-0.25, -0.2) is 0 Å². The van der Waals surface area contributed by atoms with E-state index in [1.807, 2.05) is 18.2 Å². The Labute approximate surface area is 91.4 Å². The lowest BCUT2D eigenvalue weighted by atomic mass is 10.1. The molecule has 14 heavy (non-hydrogen) atoms. The van der Waals surface area contributed by atoms with Crippen molar-refractivity contribution < 1.29 is 9.53 Å². The van der Waals surface area contributed by atoms with Crippen LogP contribution < -0.4 is 0 Å². The first-order valence-electron chi connectivity index (χ1n) is 4.64. The normalized spacial score (nSPS) is 19.1. The zero-order chi connectivity index (χ0) is 9.97. The highest BCUT2D eigenvalue weighted by Gasteiger charge is 2.24. The molecule has 2 nitrogen and oxygen atoms in total. The largest absolute Gasteiger partial charge is 0.457 e. The first-order chi connectivity index (χ1) is 6.81. The minimum absolute atomic E-state index is 0.0313. The number of fused-ring (bicyclic) bond motifs is 1. The standard InChI is InChI=1S/C11H11BrO2/c12-7-11(13)14-10-6-5-8-3-1-2-4-9(8)10/h1-4,10H,5-7H2. The van der Waals surface area contributed by atoms with Crippen LogP contribution in [0.3, 0.4) is 0 Å². The number of hydrogen-bond donors (Lipinski definition) is 0. The van der Waals surface area contributed by atoms with Crippen molar-refractivity contribution in [3.05, 3.63) is 35.4 Å². The molecule has 0 aliphatic heterocycles. The van der Waals surface area contributed by atoms with E-state index in [4.69, 9.17) is 4.74 Å². The Morgan fingerprint density at radius 2 is 2.29 bits per heavy atom. The fraction of sp³-hybridized carbons (Fsp3) is 0.364. The third-order valence-electron chi connectivity index (χ3n) is 2.46. The summed E-state index contributed by atoms with van der Waals surface area (Å²) in [5.74, 6) is -0.188. The number of esters is 1. The van der Waals surface area contributed by atoms with Crippen LogP contribution in [0.1, 0.15) is 23.7 Å². The van der Waals surface area contributed by atoms with E-state index < -0.39 is 0 Å². The fourth-order valence-corrected chi connectivity index (χ4v) is 1.96. The first kappa shape index (κ1) is 9.71. The van der Waals surface area contributed by atoms with Gasteiger partial charge in [-0.1, -0.05) is 40.2 Å². The Balaban J connectivity index is 2.14. The number of ether oxygens (including phenoxy) is 1. The summed E-state index contributed by atoms with van der Waals surface area (Å²) in [5.41, 5.74) is 2.47. The molecule has 0 spiro atoms. The second-order valence-electron chi connectivity index (χ2n) is 3.35. The number of aryl methyl sites for hydroxylation is 1. The van der Waals surface area contributed by atoms with Crippen molar-refractivity contribution in [2.24, 2.45) is 0 Å². The Kier molecular flexibility index (Phi) is 2.87. The quantitative estimate of drug-likeness (QED) is 0.599. The van der Waals surface area contributed by atoms with E-state index >= 15 is 0 Å². The molecule has 1 aliphatic carbocycles. The Bertz CT molecular complexity index is 349. The predicted molar refractivity (Wildman–Crippen MR) is 57.4 cm³/mol. The lowest BCUT2D eigenvalue weighted by Crippen LogP contribution is -2.09. The van der Waals surface area contributed by atoms with Gasteiger partial charge in [0.2, 0.25) is 0 Å². The van der Waals surface area contributed by atoms with Crippen molar-refractivity contribution in [1.82, 2.24) is 0 Å². The maximum atomic E-state index is 11.1. The number of benzene rings is 1. The first-order valence-corrected chi connectivity index (χ1v) is 5.76. The minimum Gasteiger partial charge on any atom is -0.457 e. The fourth-order valence-electron chi connectivity index (χ4n) is 1.83. The zero-order valence-electron chi connectivity index (χ0n) is 7.70. The summed E-state index contributed by atoms with van der Waals surface area (Å²) in [6.45, 7) is 0. The van der Waals surface area contributed by atoms with Gasteiger partial charge in [-0.05, 0) is 24.0 Å². The van der Waals surface area contributed by atoms with E-state index in [-0.39, 0.29) is 17.4 Å². The molecule has 0 heterocycles. The van der Waals surface area contributed by atoms with Gasteiger partial charge in [-0.2, -0.15) is 0 Å². The molecule has 0 N–H and O–H groups in total. The van der Waals surface area contributed by atoms with Crippen LogP contribution in [-0.2, 0) is 16.0 Å². The molecule has 0 bridgehead atoms.